The first kappa shape index (κ1) is 15.1. The van der Waals surface area contributed by atoms with Gasteiger partial charge >= 0.3 is 6.16 Å². The van der Waals surface area contributed by atoms with E-state index >= 15 is 0 Å². The van der Waals surface area contributed by atoms with Gasteiger partial charge in [0.15, 0.2) is 0 Å². The Morgan fingerprint density at radius 3 is 2.43 bits per heavy atom. The van der Waals surface area contributed by atoms with Crippen LogP contribution >= 0.6 is 0 Å². The van der Waals surface area contributed by atoms with Crippen molar-refractivity contribution in [2.45, 2.75) is 76.5 Å². The van der Waals surface area contributed by atoms with Gasteiger partial charge in [-0.25, -0.2) is 4.79 Å². The number of ether oxygens (including phenoxy) is 4. The Balaban J connectivity index is 0.000000140. The van der Waals surface area contributed by atoms with Gasteiger partial charge in [-0.15, -0.1) is 0 Å². The number of hydrogen-bond donors (Lipinski definition) is 0. The van der Waals surface area contributed by atoms with Crippen LogP contribution in [-0.2, 0) is 18.9 Å². The largest absolute Gasteiger partial charge is 0.508 e. The molecule has 5 heteroatoms. The van der Waals surface area contributed by atoms with Gasteiger partial charge in [0.25, 0.3) is 0 Å². The molecule has 0 radical (unpaired) electrons. The number of carbonyl (C=O) groups is 1. The molecule has 0 spiro atoms. The van der Waals surface area contributed by atoms with Gasteiger partial charge in [0.1, 0.15) is 6.10 Å². The molecule has 0 aromatic heterocycles. The smallest absolute Gasteiger partial charge is 0.438 e. The lowest BCUT2D eigenvalue weighted by Gasteiger charge is -2.25. The van der Waals surface area contributed by atoms with E-state index < -0.39 is 6.16 Å². The summed E-state index contributed by atoms with van der Waals surface area (Å²) in [6, 6.07) is 0. The van der Waals surface area contributed by atoms with Gasteiger partial charge in [0.2, 0.25) is 0 Å². The molecule has 7 atom stereocenters. The maximum Gasteiger partial charge on any atom is 0.508 e. The van der Waals surface area contributed by atoms with E-state index in [1.807, 2.05) is 0 Å². The fraction of sp³-hybridized carbons (Fsp3) is 0.938. The lowest BCUT2D eigenvalue weighted by atomic mass is 9.88. The number of carbonyl (C=O) groups excluding carboxylic acids is 1. The van der Waals surface area contributed by atoms with Crippen molar-refractivity contribution in [2.75, 3.05) is 7.11 Å². The van der Waals surface area contributed by atoms with Crippen molar-refractivity contribution in [3.63, 3.8) is 0 Å². The first-order chi connectivity index (χ1) is 10.1. The Bertz CT molecular complexity index is 385. The maximum absolute atomic E-state index is 10.9. The van der Waals surface area contributed by atoms with Crippen LogP contribution in [0.1, 0.15) is 46.0 Å². The molecule has 4 aliphatic rings. The molecule has 120 valence electrons. The third-order valence-electron chi connectivity index (χ3n) is 5.14. The molecule has 2 aliphatic heterocycles. The number of fused-ring (bicyclic) bond motifs is 2. The SMILES string of the molecule is CC1CCCC2OC12.COC(=O)OC1CC2OC2CC1C. The molecule has 5 nitrogen and oxygen atoms in total. The highest BCUT2D eigenvalue weighted by Crippen LogP contribution is 2.41. The van der Waals surface area contributed by atoms with Crippen LogP contribution in [0.3, 0.4) is 0 Å². The van der Waals surface area contributed by atoms with Crippen LogP contribution in [0.25, 0.3) is 0 Å². The Kier molecular flexibility index (Phi) is 4.41. The van der Waals surface area contributed by atoms with Gasteiger partial charge in [-0.05, 0) is 31.1 Å². The summed E-state index contributed by atoms with van der Waals surface area (Å²) in [6.45, 7) is 4.37. The molecule has 4 fully saturated rings. The van der Waals surface area contributed by atoms with Crippen molar-refractivity contribution in [3.8, 4) is 0 Å². The van der Waals surface area contributed by atoms with Crippen LogP contribution in [0.2, 0.25) is 0 Å². The van der Waals surface area contributed by atoms with Crippen molar-refractivity contribution in [1.82, 2.24) is 0 Å². The van der Waals surface area contributed by atoms with E-state index in [1.165, 1.54) is 26.4 Å². The molecule has 2 heterocycles. The topological polar surface area (TPSA) is 60.6 Å². The third kappa shape index (κ3) is 3.69. The molecular weight excluding hydrogens is 272 g/mol. The van der Waals surface area contributed by atoms with E-state index in [2.05, 4.69) is 18.6 Å². The van der Waals surface area contributed by atoms with Crippen LogP contribution in [0, 0.1) is 11.8 Å². The summed E-state index contributed by atoms with van der Waals surface area (Å²) in [5, 5.41) is 0. The zero-order valence-electron chi connectivity index (χ0n) is 13.1. The predicted molar refractivity (Wildman–Crippen MR) is 76.0 cm³/mol. The molecule has 0 aromatic carbocycles. The summed E-state index contributed by atoms with van der Waals surface area (Å²) < 4.78 is 20.3. The van der Waals surface area contributed by atoms with Gasteiger partial charge < -0.3 is 18.9 Å². The summed E-state index contributed by atoms with van der Waals surface area (Å²) in [4.78, 5) is 10.9. The Labute approximate surface area is 126 Å². The zero-order chi connectivity index (χ0) is 15.0. The van der Waals surface area contributed by atoms with E-state index in [0.29, 0.717) is 30.3 Å². The van der Waals surface area contributed by atoms with E-state index in [-0.39, 0.29) is 6.10 Å². The van der Waals surface area contributed by atoms with Crippen LogP contribution in [0.4, 0.5) is 4.79 Å². The first-order valence-corrected chi connectivity index (χ1v) is 8.14. The van der Waals surface area contributed by atoms with E-state index in [4.69, 9.17) is 14.2 Å². The molecule has 0 N–H and O–H groups in total. The third-order valence-corrected chi connectivity index (χ3v) is 5.14. The first-order valence-electron chi connectivity index (χ1n) is 8.14. The van der Waals surface area contributed by atoms with E-state index in [0.717, 1.165) is 18.8 Å². The minimum atomic E-state index is -0.587. The lowest BCUT2D eigenvalue weighted by Crippen LogP contribution is -2.31. The number of methoxy groups -OCH3 is 1. The van der Waals surface area contributed by atoms with Crippen LogP contribution in [0.15, 0.2) is 0 Å². The quantitative estimate of drug-likeness (QED) is 0.550. The molecule has 0 bridgehead atoms. The normalized spacial score (nSPS) is 46.1. The maximum atomic E-state index is 10.9. The molecule has 0 aromatic rings. The molecular formula is C16H26O5. The second-order valence-electron chi connectivity index (χ2n) is 6.82. The molecule has 0 amide bonds. The molecule has 21 heavy (non-hydrogen) atoms. The van der Waals surface area contributed by atoms with Gasteiger partial charge in [0.05, 0.1) is 31.5 Å². The molecule has 7 unspecified atom stereocenters. The van der Waals surface area contributed by atoms with Crippen LogP contribution in [-0.4, -0.2) is 43.8 Å². The summed E-state index contributed by atoms with van der Waals surface area (Å²) in [6.07, 6.45) is 7.40. The van der Waals surface area contributed by atoms with Crippen molar-refractivity contribution < 1.29 is 23.7 Å². The van der Waals surface area contributed by atoms with Gasteiger partial charge in [-0.3, -0.25) is 0 Å². The summed E-state index contributed by atoms with van der Waals surface area (Å²) in [7, 11) is 1.33. The van der Waals surface area contributed by atoms with Crippen molar-refractivity contribution in [2.24, 2.45) is 11.8 Å². The predicted octanol–water partition coefficient (Wildman–Crippen LogP) is 2.91. The zero-order valence-corrected chi connectivity index (χ0v) is 13.1. The second kappa shape index (κ2) is 6.13. The standard InChI is InChI=1S/C9H14O4.C7H12O/c1-5-3-7-8(12-7)4-6(5)13-9(10)11-2;1-5-3-2-4-6-7(5)8-6/h5-8H,3-4H2,1-2H3;5-7H,2-4H2,1H3. The van der Waals surface area contributed by atoms with Crippen LogP contribution < -0.4 is 0 Å². The van der Waals surface area contributed by atoms with Crippen molar-refractivity contribution >= 4 is 6.16 Å². The fourth-order valence-corrected chi connectivity index (χ4v) is 3.60. The minimum Gasteiger partial charge on any atom is -0.438 e. The molecule has 2 saturated heterocycles. The summed E-state index contributed by atoms with van der Waals surface area (Å²) >= 11 is 0. The highest BCUT2D eigenvalue weighted by Gasteiger charge is 2.48. The van der Waals surface area contributed by atoms with Gasteiger partial charge in [-0.1, -0.05) is 20.3 Å². The number of epoxide rings is 2. The minimum absolute atomic E-state index is 0.0313. The molecule has 4 rings (SSSR count). The highest BCUT2D eigenvalue weighted by molar-refractivity contribution is 5.59. The second-order valence-corrected chi connectivity index (χ2v) is 6.82. The average molecular weight is 298 g/mol. The lowest BCUT2D eigenvalue weighted by molar-refractivity contribution is 0.00548. The van der Waals surface area contributed by atoms with Crippen LogP contribution in [0.5, 0.6) is 0 Å². The highest BCUT2D eigenvalue weighted by atomic mass is 16.7. The summed E-state index contributed by atoms with van der Waals surface area (Å²) in [5.74, 6) is 1.23. The van der Waals surface area contributed by atoms with Crippen molar-refractivity contribution in [3.05, 3.63) is 0 Å². The monoisotopic (exact) mass is 298 g/mol. The molecule has 2 saturated carbocycles. The Morgan fingerprint density at radius 1 is 1.00 bits per heavy atom. The van der Waals surface area contributed by atoms with E-state index in [9.17, 15) is 4.79 Å². The Morgan fingerprint density at radius 2 is 1.76 bits per heavy atom. The van der Waals surface area contributed by atoms with Gasteiger partial charge in [0, 0.05) is 6.42 Å². The summed E-state index contributed by atoms with van der Waals surface area (Å²) in [5.41, 5.74) is 0. The van der Waals surface area contributed by atoms with Gasteiger partial charge in [-0.2, -0.15) is 0 Å². The fourth-order valence-electron chi connectivity index (χ4n) is 3.60. The molecule has 2 aliphatic carbocycles. The Hall–Kier alpha value is -0.810. The van der Waals surface area contributed by atoms with Crippen molar-refractivity contribution in [1.29, 1.82) is 0 Å². The van der Waals surface area contributed by atoms with E-state index in [1.54, 1.807) is 0 Å². The number of hydrogen-bond acceptors (Lipinski definition) is 5. The number of rotatable bonds is 1. The average Bonchev–Trinajstić information content (AvgIpc) is 3.34.